The van der Waals surface area contributed by atoms with Crippen molar-refractivity contribution in [1.29, 1.82) is 5.26 Å². The van der Waals surface area contributed by atoms with Crippen molar-refractivity contribution in [1.82, 2.24) is 4.98 Å². The van der Waals surface area contributed by atoms with Crippen LogP contribution in [0.25, 0.3) is 10.2 Å². The fourth-order valence-electron chi connectivity index (χ4n) is 1.73. The molecule has 0 spiro atoms. The Labute approximate surface area is 86.8 Å². The lowest BCUT2D eigenvalue weighted by molar-refractivity contribution is 1.24. The molecule has 2 rings (SSSR count). The highest BCUT2D eigenvalue weighted by Gasteiger charge is 2.11. The average molecular weight is 202 g/mol. The quantitative estimate of drug-likeness (QED) is 0.658. The van der Waals surface area contributed by atoms with Crippen molar-refractivity contribution < 1.29 is 0 Å². The molecule has 0 saturated carbocycles. The summed E-state index contributed by atoms with van der Waals surface area (Å²) in [4.78, 5) is 6.20. The molecule has 0 bridgehead atoms. The van der Waals surface area contributed by atoms with E-state index >= 15 is 0 Å². The maximum atomic E-state index is 8.91. The van der Waals surface area contributed by atoms with Gasteiger partial charge in [-0.05, 0) is 38.0 Å². The Balaban J connectivity index is 2.94. The van der Waals surface area contributed by atoms with Crippen LogP contribution in [0.2, 0.25) is 0 Å². The molecule has 0 fully saturated rings. The summed E-state index contributed by atoms with van der Waals surface area (Å²) in [5.41, 5.74) is 3.29. The number of hydrogen-bond acceptors (Lipinski definition) is 3. The molecular formula is C11H10N2S. The first-order valence-corrected chi connectivity index (χ1v) is 5.22. The van der Waals surface area contributed by atoms with E-state index in [-0.39, 0.29) is 0 Å². The second-order valence-electron chi connectivity index (χ2n) is 3.43. The number of hydrogen-bond donors (Lipinski definition) is 0. The SMILES string of the molecule is Cc1cc(C)c2c(C)c(C#N)sc2n1. The van der Waals surface area contributed by atoms with E-state index in [1.165, 1.54) is 16.9 Å². The molecular weight excluding hydrogens is 192 g/mol. The number of fused-ring (bicyclic) bond motifs is 1. The van der Waals surface area contributed by atoms with Gasteiger partial charge < -0.3 is 0 Å². The van der Waals surface area contributed by atoms with E-state index in [0.29, 0.717) is 0 Å². The van der Waals surface area contributed by atoms with Crippen molar-refractivity contribution in [3.05, 3.63) is 27.8 Å². The fraction of sp³-hybridized carbons (Fsp3) is 0.273. The zero-order chi connectivity index (χ0) is 10.3. The molecule has 0 radical (unpaired) electrons. The van der Waals surface area contributed by atoms with Crippen molar-refractivity contribution in [2.45, 2.75) is 20.8 Å². The Morgan fingerprint density at radius 1 is 1.36 bits per heavy atom. The third-order valence-corrected chi connectivity index (χ3v) is 3.42. The number of nitrogens with zero attached hydrogens (tertiary/aromatic N) is 2. The number of rotatable bonds is 0. The summed E-state index contributed by atoms with van der Waals surface area (Å²) < 4.78 is 0. The van der Waals surface area contributed by atoms with Crippen LogP contribution in [0.5, 0.6) is 0 Å². The third-order valence-electron chi connectivity index (χ3n) is 2.33. The molecule has 3 heteroatoms. The predicted octanol–water partition coefficient (Wildman–Crippen LogP) is 3.09. The number of pyridine rings is 1. The lowest BCUT2D eigenvalue weighted by Crippen LogP contribution is -1.84. The van der Waals surface area contributed by atoms with E-state index in [1.54, 1.807) is 0 Å². The van der Waals surface area contributed by atoms with Crippen molar-refractivity contribution in [3.63, 3.8) is 0 Å². The minimum Gasteiger partial charge on any atom is -0.242 e. The maximum absolute atomic E-state index is 8.91. The van der Waals surface area contributed by atoms with Gasteiger partial charge in [0, 0.05) is 11.1 Å². The van der Waals surface area contributed by atoms with Crippen LogP contribution in [-0.4, -0.2) is 4.98 Å². The Hall–Kier alpha value is -1.40. The smallest absolute Gasteiger partial charge is 0.125 e. The summed E-state index contributed by atoms with van der Waals surface area (Å²) in [7, 11) is 0. The molecule has 0 atom stereocenters. The largest absolute Gasteiger partial charge is 0.242 e. The molecule has 0 saturated heterocycles. The monoisotopic (exact) mass is 202 g/mol. The van der Waals surface area contributed by atoms with E-state index in [9.17, 15) is 0 Å². The lowest BCUT2D eigenvalue weighted by atomic mass is 10.1. The maximum Gasteiger partial charge on any atom is 0.125 e. The summed E-state index contributed by atoms with van der Waals surface area (Å²) >= 11 is 1.48. The van der Waals surface area contributed by atoms with Gasteiger partial charge in [-0.2, -0.15) is 5.26 Å². The summed E-state index contributed by atoms with van der Waals surface area (Å²) in [6, 6.07) is 4.27. The Bertz CT molecular complexity index is 546. The van der Waals surface area contributed by atoms with Gasteiger partial charge in [0.1, 0.15) is 15.8 Å². The van der Waals surface area contributed by atoms with Crippen LogP contribution in [0, 0.1) is 32.1 Å². The van der Waals surface area contributed by atoms with Crippen LogP contribution in [0.15, 0.2) is 6.07 Å². The Morgan fingerprint density at radius 3 is 2.71 bits per heavy atom. The second-order valence-corrected chi connectivity index (χ2v) is 4.43. The normalized spacial score (nSPS) is 10.4. The van der Waals surface area contributed by atoms with Crippen LogP contribution in [0.3, 0.4) is 0 Å². The van der Waals surface area contributed by atoms with Gasteiger partial charge in [-0.15, -0.1) is 11.3 Å². The fourth-order valence-corrected chi connectivity index (χ4v) is 2.83. The zero-order valence-corrected chi connectivity index (χ0v) is 9.20. The highest BCUT2D eigenvalue weighted by atomic mass is 32.1. The van der Waals surface area contributed by atoms with E-state index in [2.05, 4.69) is 24.0 Å². The molecule has 0 unspecified atom stereocenters. The summed E-state index contributed by atoms with van der Waals surface area (Å²) in [5, 5.41) is 10.1. The third kappa shape index (κ3) is 1.19. The number of thiophene rings is 1. The molecule has 2 nitrogen and oxygen atoms in total. The van der Waals surface area contributed by atoms with Gasteiger partial charge >= 0.3 is 0 Å². The van der Waals surface area contributed by atoms with Gasteiger partial charge in [-0.25, -0.2) is 4.98 Å². The van der Waals surface area contributed by atoms with Crippen LogP contribution in [0.1, 0.15) is 21.7 Å². The van der Waals surface area contributed by atoms with Crippen LogP contribution in [-0.2, 0) is 0 Å². The van der Waals surface area contributed by atoms with Gasteiger partial charge in [0.05, 0.1) is 0 Å². The van der Waals surface area contributed by atoms with Gasteiger partial charge in [0.25, 0.3) is 0 Å². The van der Waals surface area contributed by atoms with Crippen LogP contribution < -0.4 is 0 Å². The molecule has 14 heavy (non-hydrogen) atoms. The molecule has 2 aromatic rings. The molecule has 2 aromatic heterocycles. The van der Waals surface area contributed by atoms with Gasteiger partial charge in [0.15, 0.2) is 0 Å². The summed E-state index contributed by atoms with van der Waals surface area (Å²) in [5.74, 6) is 0. The molecule has 0 aliphatic carbocycles. The Kier molecular flexibility index (Phi) is 2.01. The lowest BCUT2D eigenvalue weighted by Gasteiger charge is -1.98. The standard InChI is InChI=1S/C11H10N2S/c1-6-4-7(2)13-11-10(6)8(3)9(5-12)14-11/h4H,1-3H3. The Morgan fingerprint density at radius 2 is 2.07 bits per heavy atom. The number of aromatic nitrogens is 1. The van der Waals surface area contributed by atoms with E-state index in [1.807, 2.05) is 13.8 Å². The highest BCUT2D eigenvalue weighted by molar-refractivity contribution is 7.19. The molecule has 0 N–H and O–H groups in total. The molecule has 2 heterocycles. The molecule has 0 aliphatic heterocycles. The van der Waals surface area contributed by atoms with Crippen LogP contribution in [0.4, 0.5) is 0 Å². The minimum absolute atomic E-state index is 0.779. The van der Waals surface area contributed by atoms with Crippen molar-refractivity contribution in [2.75, 3.05) is 0 Å². The predicted molar refractivity (Wildman–Crippen MR) is 58.5 cm³/mol. The first-order valence-electron chi connectivity index (χ1n) is 4.41. The first kappa shape index (κ1) is 9.17. The van der Waals surface area contributed by atoms with Crippen molar-refractivity contribution in [3.8, 4) is 6.07 Å². The van der Waals surface area contributed by atoms with Crippen molar-refractivity contribution >= 4 is 21.6 Å². The molecule has 70 valence electrons. The zero-order valence-electron chi connectivity index (χ0n) is 8.38. The van der Waals surface area contributed by atoms with E-state index < -0.39 is 0 Å². The first-order chi connectivity index (χ1) is 6.63. The van der Waals surface area contributed by atoms with Crippen LogP contribution >= 0.6 is 11.3 Å². The average Bonchev–Trinajstić information content (AvgIpc) is 2.42. The summed E-state index contributed by atoms with van der Waals surface area (Å²) in [6.07, 6.45) is 0. The van der Waals surface area contributed by atoms with Gasteiger partial charge in [-0.3, -0.25) is 0 Å². The molecule has 0 aliphatic rings. The van der Waals surface area contributed by atoms with E-state index in [0.717, 1.165) is 26.4 Å². The number of nitriles is 1. The van der Waals surface area contributed by atoms with Gasteiger partial charge in [-0.1, -0.05) is 0 Å². The molecule has 0 aromatic carbocycles. The van der Waals surface area contributed by atoms with Crippen molar-refractivity contribution in [2.24, 2.45) is 0 Å². The van der Waals surface area contributed by atoms with Gasteiger partial charge in [0.2, 0.25) is 0 Å². The molecule has 0 amide bonds. The highest BCUT2D eigenvalue weighted by Crippen LogP contribution is 2.31. The second kappa shape index (κ2) is 3.07. The topological polar surface area (TPSA) is 36.7 Å². The summed E-state index contributed by atoms with van der Waals surface area (Å²) in [6.45, 7) is 6.03. The van der Waals surface area contributed by atoms with E-state index in [4.69, 9.17) is 5.26 Å². The minimum atomic E-state index is 0.779. The number of aryl methyl sites for hydroxylation is 3.